The van der Waals surface area contributed by atoms with Gasteiger partial charge in [0.15, 0.2) is 0 Å². The minimum Gasteiger partial charge on any atom is -0.396 e. The summed E-state index contributed by atoms with van der Waals surface area (Å²) in [5, 5.41) is 16.9. The van der Waals surface area contributed by atoms with E-state index in [2.05, 4.69) is 32.3 Å². The number of benzene rings is 1. The fraction of sp³-hybridized carbons (Fsp3) is 0.333. The first-order valence-electron chi connectivity index (χ1n) is 5.49. The first-order chi connectivity index (χ1) is 8.20. The van der Waals surface area contributed by atoms with Crippen molar-refractivity contribution >= 4 is 15.9 Å². The average molecular weight is 296 g/mol. The van der Waals surface area contributed by atoms with Gasteiger partial charge < -0.3 is 5.11 Å². The summed E-state index contributed by atoms with van der Waals surface area (Å²) in [5.74, 6) is 0. The summed E-state index contributed by atoms with van der Waals surface area (Å²) in [6, 6.07) is 6.09. The van der Waals surface area contributed by atoms with Crippen molar-refractivity contribution in [1.29, 1.82) is 0 Å². The maximum absolute atomic E-state index is 8.77. The van der Waals surface area contributed by atoms with E-state index < -0.39 is 0 Å². The van der Waals surface area contributed by atoms with Gasteiger partial charge >= 0.3 is 0 Å². The zero-order valence-corrected chi connectivity index (χ0v) is 11.2. The molecular formula is C12H14BrN3O. The Kier molecular flexibility index (Phi) is 3.91. The van der Waals surface area contributed by atoms with Crippen LogP contribution in [0, 0.1) is 6.92 Å². The van der Waals surface area contributed by atoms with Crippen molar-refractivity contribution in [2.45, 2.75) is 19.8 Å². The molecule has 0 saturated carbocycles. The molecule has 5 heteroatoms. The van der Waals surface area contributed by atoms with Crippen molar-refractivity contribution < 1.29 is 5.11 Å². The highest BCUT2D eigenvalue weighted by Gasteiger charge is 2.06. The molecule has 0 bridgehead atoms. The lowest BCUT2D eigenvalue weighted by Crippen LogP contribution is -1.96. The first kappa shape index (κ1) is 12.3. The summed E-state index contributed by atoms with van der Waals surface area (Å²) < 4.78 is 2.74. The molecule has 1 N–H and O–H groups in total. The Bertz CT molecular complexity index is 510. The molecule has 2 aromatic rings. The molecule has 0 spiro atoms. The number of aliphatic hydroxyl groups is 1. The molecular weight excluding hydrogens is 282 g/mol. The molecule has 4 nitrogen and oxygen atoms in total. The van der Waals surface area contributed by atoms with E-state index in [4.69, 9.17) is 5.11 Å². The predicted molar refractivity (Wildman–Crippen MR) is 69.2 cm³/mol. The van der Waals surface area contributed by atoms with Crippen LogP contribution in [0.2, 0.25) is 0 Å². The number of halogens is 1. The van der Waals surface area contributed by atoms with Crippen LogP contribution >= 0.6 is 15.9 Å². The van der Waals surface area contributed by atoms with E-state index in [1.54, 1.807) is 4.68 Å². The molecule has 0 radical (unpaired) electrons. The zero-order chi connectivity index (χ0) is 12.3. The van der Waals surface area contributed by atoms with Gasteiger partial charge in [-0.25, -0.2) is 4.68 Å². The number of aromatic nitrogens is 3. The van der Waals surface area contributed by atoms with Crippen molar-refractivity contribution in [2.75, 3.05) is 6.61 Å². The molecule has 0 aliphatic heterocycles. The number of nitrogens with zero attached hydrogens (tertiary/aromatic N) is 3. The molecule has 0 amide bonds. The maximum atomic E-state index is 8.77. The Balaban J connectivity index is 2.27. The van der Waals surface area contributed by atoms with E-state index in [-0.39, 0.29) is 6.61 Å². The van der Waals surface area contributed by atoms with Gasteiger partial charge in [-0.15, -0.1) is 5.10 Å². The van der Waals surface area contributed by atoms with Crippen molar-refractivity contribution in [2.24, 2.45) is 0 Å². The Morgan fingerprint density at radius 1 is 1.41 bits per heavy atom. The fourth-order valence-electron chi connectivity index (χ4n) is 1.59. The SMILES string of the molecule is Cc1ccc(Br)c(-n2cc(CCCO)nn2)c1. The minimum atomic E-state index is 0.182. The molecule has 2 rings (SSSR count). The van der Waals surface area contributed by atoms with Gasteiger partial charge in [-0.1, -0.05) is 11.3 Å². The molecule has 90 valence electrons. The van der Waals surface area contributed by atoms with Crippen LogP contribution < -0.4 is 0 Å². The number of aliphatic hydroxyl groups excluding tert-OH is 1. The maximum Gasteiger partial charge on any atom is 0.0832 e. The predicted octanol–water partition coefficient (Wildman–Crippen LogP) is 2.26. The standard InChI is InChI=1S/C12H14BrN3O/c1-9-4-5-11(13)12(7-9)16-8-10(14-15-16)3-2-6-17/h4-5,7-8,17H,2-3,6H2,1H3. The Hall–Kier alpha value is -1.20. The molecule has 1 heterocycles. The van der Waals surface area contributed by atoms with Crippen LogP contribution in [-0.2, 0) is 6.42 Å². The van der Waals surface area contributed by atoms with Crippen LogP contribution in [0.15, 0.2) is 28.9 Å². The molecule has 0 atom stereocenters. The van der Waals surface area contributed by atoms with E-state index in [1.807, 2.05) is 25.3 Å². The van der Waals surface area contributed by atoms with E-state index in [0.29, 0.717) is 6.42 Å². The lowest BCUT2D eigenvalue weighted by atomic mass is 10.2. The van der Waals surface area contributed by atoms with Gasteiger partial charge in [0.25, 0.3) is 0 Å². The summed E-state index contributed by atoms with van der Waals surface area (Å²) in [5.41, 5.74) is 3.05. The second-order valence-corrected chi connectivity index (χ2v) is 4.79. The van der Waals surface area contributed by atoms with Gasteiger partial charge in [-0.2, -0.15) is 0 Å². The van der Waals surface area contributed by atoms with Crippen LogP contribution in [-0.4, -0.2) is 26.7 Å². The third-order valence-corrected chi connectivity index (χ3v) is 3.15. The largest absolute Gasteiger partial charge is 0.396 e. The van der Waals surface area contributed by atoms with Crippen molar-refractivity contribution in [1.82, 2.24) is 15.0 Å². The van der Waals surface area contributed by atoms with Gasteiger partial charge in [-0.3, -0.25) is 0 Å². The lowest BCUT2D eigenvalue weighted by Gasteiger charge is -2.04. The highest BCUT2D eigenvalue weighted by atomic mass is 79.9. The molecule has 17 heavy (non-hydrogen) atoms. The molecule has 0 unspecified atom stereocenters. The number of aryl methyl sites for hydroxylation is 2. The average Bonchev–Trinajstić information content (AvgIpc) is 2.78. The third-order valence-electron chi connectivity index (χ3n) is 2.48. The molecule has 0 saturated heterocycles. The van der Waals surface area contributed by atoms with Gasteiger partial charge in [0.05, 0.1) is 17.6 Å². The topological polar surface area (TPSA) is 50.9 Å². The summed E-state index contributed by atoms with van der Waals surface area (Å²) in [4.78, 5) is 0. The Morgan fingerprint density at radius 3 is 3.00 bits per heavy atom. The van der Waals surface area contributed by atoms with E-state index in [0.717, 1.165) is 22.3 Å². The molecule has 1 aromatic heterocycles. The van der Waals surface area contributed by atoms with Gasteiger partial charge in [-0.05, 0) is 53.4 Å². The molecule has 1 aromatic carbocycles. The Labute approximate surface area is 108 Å². The second-order valence-electron chi connectivity index (χ2n) is 3.94. The Morgan fingerprint density at radius 2 is 2.24 bits per heavy atom. The number of rotatable bonds is 4. The van der Waals surface area contributed by atoms with Crippen LogP contribution in [0.25, 0.3) is 5.69 Å². The summed E-state index contributed by atoms with van der Waals surface area (Å²) >= 11 is 3.50. The van der Waals surface area contributed by atoms with Gasteiger partial charge in [0.1, 0.15) is 0 Å². The zero-order valence-electron chi connectivity index (χ0n) is 9.60. The van der Waals surface area contributed by atoms with Gasteiger partial charge in [0.2, 0.25) is 0 Å². The minimum absolute atomic E-state index is 0.182. The normalized spacial score (nSPS) is 10.8. The van der Waals surface area contributed by atoms with Crippen molar-refractivity contribution in [3.05, 3.63) is 40.1 Å². The first-order valence-corrected chi connectivity index (χ1v) is 6.28. The highest BCUT2D eigenvalue weighted by Crippen LogP contribution is 2.21. The second kappa shape index (κ2) is 5.42. The smallest absolute Gasteiger partial charge is 0.0832 e. The molecule has 0 fully saturated rings. The van der Waals surface area contributed by atoms with E-state index in [9.17, 15) is 0 Å². The summed E-state index contributed by atoms with van der Waals surface area (Å²) in [6.07, 6.45) is 3.36. The van der Waals surface area contributed by atoms with Gasteiger partial charge in [0, 0.05) is 11.1 Å². The molecule has 0 aliphatic carbocycles. The van der Waals surface area contributed by atoms with Crippen LogP contribution in [0.1, 0.15) is 17.7 Å². The van der Waals surface area contributed by atoms with Crippen molar-refractivity contribution in [3.63, 3.8) is 0 Å². The van der Waals surface area contributed by atoms with Crippen LogP contribution in [0.5, 0.6) is 0 Å². The summed E-state index contributed by atoms with van der Waals surface area (Å²) in [6.45, 7) is 2.22. The van der Waals surface area contributed by atoms with E-state index in [1.165, 1.54) is 5.56 Å². The highest BCUT2D eigenvalue weighted by molar-refractivity contribution is 9.10. The third kappa shape index (κ3) is 2.92. The molecule has 0 aliphatic rings. The summed E-state index contributed by atoms with van der Waals surface area (Å²) in [7, 11) is 0. The number of hydrogen-bond donors (Lipinski definition) is 1. The quantitative estimate of drug-likeness (QED) is 0.941. The number of hydrogen-bond acceptors (Lipinski definition) is 3. The van der Waals surface area contributed by atoms with Crippen LogP contribution in [0.4, 0.5) is 0 Å². The van der Waals surface area contributed by atoms with Crippen LogP contribution in [0.3, 0.4) is 0 Å². The fourth-order valence-corrected chi connectivity index (χ4v) is 2.02. The monoisotopic (exact) mass is 295 g/mol. The van der Waals surface area contributed by atoms with E-state index >= 15 is 0 Å². The van der Waals surface area contributed by atoms with Crippen molar-refractivity contribution in [3.8, 4) is 5.69 Å². The lowest BCUT2D eigenvalue weighted by molar-refractivity contribution is 0.288.